The van der Waals surface area contributed by atoms with Gasteiger partial charge in [0.2, 0.25) is 0 Å². The second-order valence-electron chi connectivity index (χ2n) is 7.33. The number of benzene rings is 3. The van der Waals surface area contributed by atoms with Crippen LogP contribution in [0.4, 0.5) is 5.69 Å². The maximum absolute atomic E-state index is 13.1. The molecule has 3 rings (SSSR count). The Morgan fingerprint density at radius 1 is 1.00 bits per heavy atom. The van der Waals surface area contributed by atoms with Gasteiger partial charge in [-0.3, -0.25) is 9.52 Å². The number of hydrogen-bond donors (Lipinski definition) is 1. The molecule has 162 valence electrons. The van der Waals surface area contributed by atoms with Crippen molar-refractivity contribution in [2.24, 2.45) is 0 Å². The minimum atomic E-state index is -3.83. The van der Waals surface area contributed by atoms with Crippen LogP contribution in [0.15, 0.2) is 77.7 Å². The molecule has 1 atom stereocenters. The van der Waals surface area contributed by atoms with Crippen molar-refractivity contribution in [2.45, 2.75) is 24.8 Å². The zero-order valence-corrected chi connectivity index (χ0v) is 18.8. The van der Waals surface area contributed by atoms with Gasteiger partial charge >= 0.3 is 0 Å². The molecule has 0 spiro atoms. The molecule has 0 bridgehead atoms. The van der Waals surface area contributed by atoms with E-state index in [1.54, 1.807) is 43.3 Å². The van der Waals surface area contributed by atoms with Gasteiger partial charge in [0.1, 0.15) is 5.75 Å². The summed E-state index contributed by atoms with van der Waals surface area (Å²) in [5.74, 6) is 0.402. The fraction of sp³-hybridized carbons (Fsp3) is 0.208. The highest BCUT2D eigenvalue weighted by Gasteiger charge is 2.23. The van der Waals surface area contributed by atoms with Crippen LogP contribution < -0.4 is 9.46 Å². The Kier molecular flexibility index (Phi) is 6.65. The van der Waals surface area contributed by atoms with E-state index in [0.29, 0.717) is 11.4 Å². The molecular weight excluding hydrogens is 412 g/mol. The maximum atomic E-state index is 13.1. The lowest BCUT2D eigenvalue weighted by Gasteiger charge is -2.26. The summed E-state index contributed by atoms with van der Waals surface area (Å²) in [5, 5.41) is 0. The summed E-state index contributed by atoms with van der Waals surface area (Å²) in [6.07, 6.45) is 0. The van der Waals surface area contributed by atoms with E-state index >= 15 is 0 Å². The molecule has 0 aliphatic rings. The molecule has 0 radical (unpaired) electrons. The molecule has 1 N–H and O–H groups in total. The number of nitrogens with zero attached hydrogens (tertiary/aromatic N) is 1. The van der Waals surface area contributed by atoms with Gasteiger partial charge in [0.15, 0.2) is 0 Å². The van der Waals surface area contributed by atoms with E-state index < -0.39 is 10.0 Å². The van der Waals surface area contributed by atoms with Crippen LogP contribution in [-0.4, -0.2) is 33.4 Å². The molecule has 6 nitrogen and oxygen atoms in total. The summed E-state index contributed by atoms with van der Waals surface area (Å²) in [6.45, 7) is 3.82. The maximum Gasteiger partial charge on any atom is 0.261 e. The number of nitrogens with one attached hydrogen (secondary N) is 1. The first-order valence-corrected chi connectivity index (χ1v) is 11.3. The first kappa shape index (κ1) is 22.4. The van der Waals surface area contributed by atoms with Gasteiger partial charge in [-0.15, -0.1) is 0 Å². The van der Waals surface area contributed by atoms with Gasteiger partial charge in [0.25, 0.3) is 15.9 Å². The molecule has 0 heterocycles. The van der Waals surface area contributed by atoms with Crippen LogP contribution in [0.5, 0.6) is 5.75 Å². The van der Waals surface area contributed by atoms with E-state index in [2.05, 4.69) is 4.72 Å². The molecule has 0 unspecified atom stereocenters. The van der Waals surface area contributed by atoms with E-state index in [-0.39, 0.29) is 22.4 Å². The van der Waals surface area contributed by atoms with Gasteiger partial charge < -0.3 is 9.64 Å². The SMILES string of the molecule is COc1ccccc1[C@H](C)N(C)C(=O)c1cccc(S(=O)(=O)Nc2ccc(C)cc2)c1. The fourth-order valence-electron chi connectivity index (χ4n) is 3.23. The van der Waals surface area contributed by atoms with Gasteiger partial charge in [0.05, 0.1) is 18.0 Å². The molecule has 7 heteroatoms. The average molecular weight is 439 g/mol. The van der Waals surface area contributed by atoms with E-state index in [0.717, 1.165) is 11.1 Å². The number of carbonyl (C=O) groups excluding carboxylic acids is 1. The monoisotopic (exact) mass is 438 g/mol. The number of carbonyl (C=O) groups is 1. The number of amides is 1. The smallest absolute Gasteiger partial charge is 0.261 e. The van der Waals surface area contributed by atoms with E-state index in [1.807, 2.05) is 50.2 Å². The molecule has 0 saturated heterocycles. The largest absolute Gasteiger partial charge is 0.496 e. The van der Waals surface area contributed by atoms with Crippen molar-refractivity contribution in [1.29, 1.82) is 0 Å². The Labute approximate surface area is 183 Å². The molecule has 3 aromatic rings. The van der Waals surface area contributed by atoms with Crippen LogP contribution in [0.1, 0.15) is 34.5 Å². The standard InChI is InChI=1S/C24H26N2O4S/c1-17-12-14-20(15-13-17)25-31(28,29)21-9-7-8-19(16-21)24(27)26(3)18(2)22-10-5-6-11-23(22)30-4/h5-16,18,25H,1-4H3/t18-/m0/s1. The van der Waals surface area contributed by atoms with Crippen molar-refractivity contribution in [3.05, 3.63) is 89.5 Å². The van der Waals surface area contributed by atoms with Crippen molar-refractivity contribution in [3.63, 3.8) is 0 Å². The number of para-hydroxylation sites is 1. The van der Waals surface area contributed by atoms with E-state index in [9.17, 15) is 13.2 Å². The fourth-order valence-corrected chi connectivity index (χ4v) is 4.34. The van der Waals surface area contributed by atoms with Crippen LogP contribution in [-0.2, 0) is 10.0 Å². The highest BCUT2D eigenvalue weighted by atomic mass is 32.2. The number of sulfonamides is 1. The minimum Gasteiger partial charge on any atom is -0.496 e. The Balaban J connectivity index is 1.84. The van der Waals surface area contributed by atoms with Gasteiger partial charge in [-0.2, -0.15) is 0 Å². The van der Waals surface area contributed by atoms with Crippen LogP contribution in [0.2, 0.25) is 0 Å². The number of ether oxygens (including phenoxy) is 1. The highest BCUT2D eigenvalue weighted by molar-refractivity contribution is 7.92. The molecule has 0 aromatic heterocycles. The highest BCUT2D eigenvalue weighted by Crippen LogP contribution is 2.29. The third-order valence-electron chi connectivity index (χ3n) is 5.19. The second-order valence-corrected chi connectivity index (χ2v) is 9.02. The summed E-state index contributed by atoms with van der Waals surface area (Å²) in [7, 11) is -0.560. The lowest BCUT2D eigenvalue weighted by atomic mass is 10.0. The summed E-state index contributed by atoms with van der Waals surface area (Å²) >= 11 is 0. The zero-order valence-electron chi connectivity index (χ0n) is 18.0. The normalized spacial score (nSPS) is 12.1. The average Bonchev–Trinajstić information content (AvgIpc) is 2.79. The molecule has 3 aromatic carbocycles. The number of methoxy groups -OCH3 is 1. The summed E-state index contributed by atoms with van der Waals surface area (Å²) < 4.78 is 33.6. The molecule has 0 aliphatic heterocycles. The molecule has 0 saturated carbocycles. The zero-order chi connectivity index (χ0) is 22.6. The Hall–Kier alpha value is -3.32. The second kappa shape index (κ2) is 9.22. The first-order chi connectivity index (χ1) is 14.7. The van der Waals surface area contributed by atoms with Crippen molar-refractivity contribution < 1.29 is 17.9 Å². The molecule has 31 heavy (non-hydrogen) atoms. The molecule has 0 fully saturated rings. The van der Waals surface area contributed by atoms with Gasteiger partial charge in [0, 0.05) is 23.9 Å². The van der Waals surface area contributed by atoms with Crippen LogP contribution in [0.3, 0.4) is 0 Å². The van der Waals surface area contributed by atoms with Gasteiger partial charge in [-0.25, -0.2) is 8.42 Å². The van der Waals surface area contributed by atoms with Crippen LogP contribution in [0.25, 0.3) is 0 Å². The van der Waals surface area contributed by atoms with Crippen molar-refractivity contribution in [3.8, 4) is 5.75 Å². The number of rotatable bonds is 7. The Morgan fingerprint density at radius 3 is 2.35 bits per heavy atom. The lowest BCUT2D eigenvalue weighted by molar-refractivity contribution is 0.0741. The quantitative estimate of drug-likeness (QED) is 0.583. The molecular formula is C24H26N2O4S. The van der Waals surface area contributed by atoms with Crippen LogP contribution >= 0.6 is 0 Å². The van der Waals surface area contributed by atoms with Gasteiger partial charge in [-0.1, -0.05) is 42.0 Å². The summed E-state index contributed by atoms with van der Waals surface area (Å²) in [5.41, 5.74) is 2.65. The third kappa shape index (κ3) is 5.06. The number of hydrogen-bond acceptors (Lipinski definition) is 4. The van der Waals surface area contributed by atoms with Crippen molar-refractivity contribution >= 4 is 21.6 Å². The van der Waals surface area contributed by atoms with Crippen LogP contribution in [0, 0.1) is 6.92 Å². The third-order valence-corrected chi connectivity index (χ3v) is 6.56. The molecule has 0 aliphatic carbocycles. The summed E-state index contributed by atoms with van der Waals surface area (Å²) in [4.78, 5) is 14.7. The van der Waals surface area contributed by atoms with E-state index in [4.69, 9.17) is 4.74 Å². The van der Waals surface area contributed by atoms with E-state index in [1.165, 1.54) is 12.1 Å². The molecule has 1 amide bonds. The van der Waals surface area contributed by atoms with Crippen molar-refractivity contribution in [1.82, 2.24) is 4.90 Å². The topological polar surface area (TPSA) is 75.7 Å². The Bertz CT molecular complexity index is 1170. The minimum absolute atomic E-state index is 0.0252. The number of anilines is 1. The first-order valence-electron chi connectivity index (χ1n) is 9.82. The van der Waals surface area contributed by atoms with Crippen molar-refractivity contribution in [2.75, 3.05) is 18.9 Å². The Morgan fingerprint density at radius 2 is 1.68 bits per heavy atom. The predicted molar refractivity (Wildman–Crippen MR) is 122 cm³/mol. The lowest BCUT2D eigenvalue weighted by Crippen LogP contribution is -2.30. The number of aryl methyl sites for hydroxylation is 1. The van der Waals surface area contributed by atoms with Gasteiger partial charge in [-0.05, 0) is 50.2 Å². The predicted octanol–water partition coefficient (Wildman–Crippen LogP) is 4.64. The summed E-state index contributed by atoms with van der Waals surface area (Å²) in [6, 6.07) is 20.3.